The molecule has 1 aliphatic carbocycles. The summed E-state index contributed by atoms with van der Waals surface area (Å²) < 4.78 is 0. The summed E-state index contributed by atoms with van der Waals surface area (Å²) in [6, 6.07) is 18.2. The fourth-order valence-corrected chi connectivity index (χ4v) is 4.49. The highest BCUT2D eigenvalue weighted by Crippen LogP contribution is 2.38. The van der Waals surface area contributed by atoms with Crippen molar-refractivity contribution in [3.63, 3.8) is 0 Å². The van der Waals surface area contributed by atoms with E-state index in [9.17, 15) is 5.11 Å². The highest BCUT2D eigenvalue weighted by molar-refractivity contribution is 5.44. The summed E-state index contributed by atoms with van der Waals surface area (Å²) in [4.78, 5) is 8.81. The van der Waals surface area contributed by atoms with Crippen molar-refractivity contribution in [3.8, 4) is 5.75 Å². The van der Waals surface area contributed by atoms with Gasteiger partial charge in [0, 0.05) is 0 Å². The van der Waals surface area contributed by atoms with E-state index in [0.29, 0.717) is 22.5 Å². The number of benzene rings is 2. The average molecular weight is 660 g/mol. The van der Waals surface area contributed by atoms with Gasteiger partial charge in [-0.1, -0.05) is 184 Å². The SMILES string of the molecule is CC.CC.CC.CC(C)(C)C.CC1CCC(c2ccccc2O)CC1.CC=O.CCCCCC(C)(C)CCN.CCc1ccccc1. The number of phenolic OH excluding ortho intramolecular Hbond substituents is 1. The molecule has 1 saturated carbocycles. The fraction of sp³-hybridized carbons (Fsp3) is 0.705. The van der Waals surface area contributed by atoms with Gasteiger partial charge >= 0.3 is 0 Å². The van der Waals surface area contributed by atoms with Crippen LogP contribution in [-0.4, -0.2) is 17.9 Å². The van der Waals surface area contributed by atoms with E-state index in [-0.39, 0.29) is 0 Å². The maximum absolute atomic E-state index is 9.73. The highest BCUT2D eigenvalue weighted by atomic mass is 16.3. The molecular weight excluding hydrogens is 574 g/mol. The van der Waals surface area contributed by atoms with E-state index in [1.165, 1.54) is 63.9 Å². The Hall–Kier alpha value is -2.13. The highest BCUT2D eigenvalue weighted by Gasteiger charge is 2.21. The molecule has 0 aromatic heterocycles. The first kappa shape index (κ1) is 54.3. The van der Waals surface area contributed by atoms with Crippen LogP contribution in [0.5, 0.6) is 5.75 Å². The largest absolute Gasteiger partial charge is 0.508 e. The summed E-state index contributed by atoms with van der Waals surface area (Å²) in [5, 5.41) is 9.73. The Kier molecular flexibility index (Phi) is 44.3. The van der Waals surface area contributed by atoms with Crippen LogP contribution in [0.15, 0.2) is 54.6 Å². The van der Waals surface area contributed by atoms with Gasteiger partial charge in [0.1, 0.15) is 12.0 Å². The number of aromatic hydroxyl groups is 1. The second kappa shape index (κ2) is 38.3. The summed E-state index contributed by atoms with van der Waals surface area (Å²) in [5.41, 5.74) is 9.06. The number of aldehydes is 1. The van der Waals surface area contributed by atoms with Gasteiger partial charge in [-0.15, -0.1) is 0 Å². The van der Waals surface area contributed by atoms with Crippen LogP contribution in [0.1, 0.15) is 186 Å². The van der Waals surface area contributed by atoms with Crippen molar-refractivity contribution in [3.05, 3.63) is 65.7 Å². The molecule has 1 fully saturated rings. The molecule has 0 amide bonds. The van der Waals surface area contributed by atoms with Crippen molar-refractivity contribution in [2.45, 2.75) is 181 Å². The number of unbranched alkanes of at least 4 members (excludes halogenated alkanes) is 2. The maximum Gasteiger partial charge on any atom is 0.119 e. The minimum atomic E-state index is 0.476. The van der Waals surface area contributed by atoms with Crippen LogP contribution in [0.2, 0.25) is 0 Å². The van der Waals surface area contributed by atoms with Gasteiger partial charge in [0.25, 0.3) is 0 Å². The number of carbonyl (C=O) groups is 1. The zero-order valence-electron chi connectivity index (χ0n) is 34.6. The number of hydrogen-bond acceptors (Lipinski definition) is 3. The lowest BCUT2D eigenvalue weighted by molar-refractivity contribution is -0.106. The summed E-state index contributed by atoms with van der Waals surface area (Å²) in [6.45, 7) is 34.4. The zero-order chi connectivity index (χ0) is 37.7. The number of carbonyl (C=O) groups excluding carboxylic acids is 1. The van der Waals surface area contributed by atoms with Gasteiger partial charge in [-0.2, -0.15) is 0 Å². The van der Waals surface area contributed by atoms with Crippen LogP contribution >= 0.6 is 0 Å². The third kappa shape index (κ3) is 41.8. The lowest BCUT2D eigenvalue weighted by atomic mass is 9.79. The smallest absolute Gasteiger partial charge is 0.119 e. The molecule has 0 heterocycles. The number of para-hydroxylation sites is 1. The van der Waals surface area contributed by atoms with Crippen LogP contribution in [-0.2, 0) is 11.2 Å². The summed E-state index contributed by atoms with van der Waals surface area (Å²) in [6.07, 6.45) is 13.5. The van der Waals surface area contributed by atoms with E-state index in [0.717, 1.165) is 37.2 Å². The standard InChI is InChI=1S/C13H18O.C10H23N.C8H10.C5H12.C2H4O.3C2H6/c1-10-6-8-11(9-7-10)12-4-2-3-5-13(12)14;1-4-5-6-7-10(2,3)8-9-11;1-2-8-6-4-3-5-7-8;1-5(2,3)4;1-2-3;3*1-2/h2-5,10-11,14H,6-9H2,1H3;4-9,11H2,1-3H3;3-7H,2H2,1H3;1-4H3;2H,1H3;3*1-2H3. The Morgan fingerprint density at radius 3 is 1.53 bits per heavy atom. The molecule has 47 heavy (non-hydrogen) atoms. The monoisotopic (exact) mass is 660 g/mol. The first-order chi connectivity index (χ1) is 22.2. The predicted molar refractivity (Wildman–Crippen MR) is 217 cm³/mol. The quantitative estimate of drug-likeness (QED) is 0.219. The number of nitrogens with two attached hydrogens (primary N) is 1. The Morgan fingerprint density at radius 2 is 1.17 bits per heavy atom. The van der Waals surface area contributed by atoms with Gasteiger partial charge in [-0.3, -0.25) is 0 Å². The Balaban J connectivity index is -0.000000160. The molecule has 0 radical (unpaired) electrons. The normalized spacial score (nSPS) is 14.5. The molecule has 0 bridgehead atoms. The molecule has 3 N–H and O–H groups in total. The number of phenols is 1. The van der Waals surface area contributed by atoms with Gasteiger partial charge in [0.15, 0.2) is 0 Å². The van der Waals surface area contributed by atoms with E-state index < -0.39 is 0 Å². The first-order valence-electron chi connectivity index (χ1n) is 19.2. The van der Waals surface area contributed by atoms with Crippen molar-refractivity contribution in [1.82, 2.24) is 0 Å². The number of aryl methyl sites for hydroxylation is 1. The van der Waals surface area contributed by atoms with Crippen molar-refractivity contribution in [1.29, 1.82) is 0 Å². The molecule has 2 aromatic carbocycles. The van der Waals surface area contributed by atoms with Crippen LogP contribution in [0, 0.1) is 16.7 Å². The average Bonchev–Trinajstić information content (AvgIpc) is 3.05. The van der Waals surface area contributed by atoms with Crippen molar-refractivity contribution in [2.75, 3.05) is 6.54 Å². The van der Waals surface area contributed by atoms with Crippen LogP contribution in [0.25, 0.3) is 0 Å². The van der Waals surface area contributed by atoms with Gasteiger partial charge in [0.05, 0.1) is 0 Å². The van der Waals surface area contributed by atoms with Gasteiger partial charge in [0.2, 0.25) is 0 Å². The second-order valence-electron chi connectivity index (χ2n) is 13.8. The van der Waals surface area contributed by atoms with E-state index in [4.69, 9.17) is 10.5 Å². The van der Waals surface area contributed by atoms with Crippen LogP contribution < -0.4 is 5.73 Å². The molecule has 0 atom stereocenters. The molecule has 0 saturated heterocycles. The molecule has 278 valence electrons. The van der Waals surface area contributed by atoms with E-state index in [1.54, 1.807) is 6.07 Å². The molecule has 3 rings (SSSR count). The third-order valence-electron chi connectivity index (χ3n) is 6.92. The zero-order valence-corrected chi connectivity index (χ0v) is 34.6. The van der Waals surface area contributed by atoms with E-state index in [1.807, 2.05) is 59.7 Å². The molecule has 2 aromatic rings. The van der Waals surface area contributed by atoms with Crippen LogP contribution in [0.3, 0.4) is 0 Å². The molecule has 3 nitrogen and oxygen atoms in total. The fourth-order valence-electron chi connectivity index (χ4n) is 4.49. The number of rotatable bonds is 8. The Labute approximate surface area is 296 Å². The molecule has 0 spiro atoms. The van der Waals surface area contributed by atoms with Crippen molar-refractivity contribution in [2.24, 2.45) is 22.5 Å². The predicted octanol–water partition coefficient (Wildman–Crippen LogP) is 14.2. The molecule has 0 aliphatic heterocycles. The van der Waals surface area contributed by atoms with E-state index >= 15 is 0 Å². The lowest BCUT2D eigenvalue weighted by Gasteiger charge is -2.26. The maximum atomic E-state index is 9.73. The summed E-state index contributed by atoms with van der Waals surface area (Å²) in [5.74, 6) is 1.94. The molecule has 1 aliphatic rings. The van der Waals surface area contributed by atoms with Crippen molar-refractivity contribution < 1.29 is 9.90 Å². The number of hydrogen-bond donors (Lipinski definition) is 2. The first-order valence-corrected chi connectivity index (χ1v) is 19.2. The topological polar surface area (TPSA) is 63.3 Å². The summed E-state index contributed by atoms with van der Waals surface area (Å²) >= 11 is 0. The molecule has 3 heteroatoms. The summed E-state index contributed by atoms with van der Waals surface area (Å²) in [7, 11) is 0. The molecule has 0 unspecified atom stereocenters. The Bertz CT molecular complexity index is 841. The minimum Gasteiger partial charge on any atom is -0.508 e. The molecular formula is C44H85NO2. The lowest BCUT2D eigenvalue weighted by Crippen LogP contribution is -2.16. The second-order valence-corrected chi connectivity index (χ2v) is 13.8. The van der Waals surface area contributed by atoms with Gasteiger partial charge < -0.3 is 15.6 Å². The van der Waals surface area contributed by atoms with Crippen molar-refractivity contribution >= 4 is 6.29 Å². The van der Waals surface area contributed by atoms with Gasteiger partial charge in [-0.05, 0) is 85.4 Å². The van der Waals surface area contributed by atoms with Gasteiger partial charge in [-0.25, -0.2) is 0 Å². The third-order valence-corrected chi connectivity index (χ3v) is 6.92. The van der Waals surface area contributed by atoms with E-state index in [2.05, 4.69) is 92.6 Å². The minimum absolute atomic E-state index is 0.476. The van der Waals surface area contributed by atoms with Crippen LogP contribution in [0.4, 0.5) is 0 Å². The Morgan fingerprint density at radius 1 is 0.745 bits per heavy atom.